The number of carbonyl (C=O) groups is 1. The first-order chi connectivity index (χ1) is 13.0. The fraction of sp³-hybridized carbons (Fsp3) is 0.105. The first-order valence-corrected chi connectivity index (χ1v) is 8.97. The van der Waals surface area contributed by atoms with Gasteiger partial charge in [0.25, 0.3) is 5.56 Å². The molecule has 8 heteroatoms. The van der Waals surface area contributed by atoms with Gasteiger partial charge in [-0.15, -0.1) is 0 Å². The van der Waals surface area contributed by atoms with Crippen LogP contribution in [0.15, 0.2) is 70.5 Å². The van der Waals surface area contributed by atoms with Gasteiger partial charge in [-0.05, 0) is 48.5 Å². The Balaban J connectivity index is 1.68. The van der Waals surface area contributed by atoms with E-state index in [0.717, 1.165) is 0 Å². The Labute approximate surface area is 159 Å². The van der Waals surface area contributed by atoms with Crippen LogP contribution in [0.2, 0.25) is 0 Å². The van der Waals surface area contributed by atoms with Crippen LogP contribution in [0.3, 0.4) is 0 Å². The molecule has 0 saturated heterocycles. The molecule has 1 heterocycles. The Hall–Kier alpha value is -3.13. The Morgan fingerprint density at radius 2 is 1.96 bits per heavy atom. The molecule has 1 N–H and O–H groups in total. The molecule has 0 atom stereocenters. The summed E-state index contributed by atoms with van der Waals surface area (Å²) in [5.74, 6) is 0.0271. The molecule has 0 aliphatic rings. The molecule has 0 bridgehead atoms. The van der Waals surface area contributed by atoms with Crippen LogP contribution in [0.4, 0.5) is 10.1 Å². The molecular formula is C19H16FN3O3S. The lowest BCUT2D eigenvalue weighted by molar-refractivity contribution is -0.113. The van der Waals surface area contributed by atoms with Crippen molar-refractivity contribution in [2.75, 3.05) is 18.2 Å². The Morgan fingerprint density at radius 1 is 1.19 bits per heavy atom. The molecule has 3 rings (SSSR count). The molecule has 3 aromatic rings. The number of amides is 1. The van der Waals surface area contributed by atoms with E-state index in [1.54, 1.807) is 43.5 Å². The number of aromatic nitrogens is 2. The van der Waals surface area contributed by atoms with Crippen molar-refractivity contribution in [3.8, 4) is 11.4 Å². The number of thioether (sulfide) groups is 1. The normalized spacial score (nSPS) is 10.4. The second-order valence-corrected chi connectivity index (χ2v) is 6.46. The SMILES string of the molecule is COc1ccc(-n2nc(SCC(=O)Nc3cccc(F)c3)ccc2=O)cc1. The standard InChI is InChI=1S/C19H16FN3O3S/c1-26-16-7-5-15(6-8-16)23-19(25)10-9-18(22-23)27-12-17(24)21-14-4-2-3-13(20)11-14/h2-11H,12H2,1H3,(H,21,24). The lowest BCUT2D eigenvalue weighted by atomic mass is 10.3. The highest BCUT2D eigenvalue weighted by atomic mass is 32.2. The van der Waals surface area contributed by atoms with Crippen molar-refractivity contribution < 1.29 is 13.9 Å². The predicted molar refractivity (Wildman–Crippen MR) is 102 cm³/mol. The van der Waals surface area contributed by atoms with Gasteiger partial charge in [-0.2, -0.15) is 9.78 Å². The molecule has 138 valence electrons. The molecule has 0 unspecified atom stereocenters. The van der Waals surface area contributed by atoms with Crippen molar-refractivity contribution in [3.05, 3.63) is 76.8 Å². The first kappa shape index (κ1) is 18.7. The van der Waals surface area contributed by atoms with Gasteiger partial charge in [-0.25, -0.2) is 4.39 Å². The zero-order chi connectivity index (χ0) is 19.2. The monoisotopic (exact) mass is 385 g/mol. The van der Waals surface area contributed by atoms with Crippen LogP contribution < -0.4 is 15.6 Å². The minimum absolute atomic E-state index is 0.0737. The highest BCUT2D eigenvalue weighted by molar-refractivity contribution is 7.99. The maximum absolute atomic E-state index is 13.2. The van der Waals surface area contributed by atoms with E-state index < -0.39 is 5.82 Å². The molecule has 27 heavy (non-hydrogen) atoms. The fourth-order valence-electron chi connectivity index (χ4n) is 2.28. The van der Waals surface area contributed by atoms with Gasteiger partial charge in [0.2, 0.25) is 5.91 Å². The van der Waals surface area contributed by atoms with E-state index in [9.17, 15) is 14.0 Å². The number of carbonyl (C=O) groups excluding carboxylic acids is 1. The number of halogens is 1. The van der Waals surface area contributed by atoms with Crippen molar-refractivity contribution in [1.82, 2.24) is 9.78 Å². The number of methoxy groups -OCH3 is 1. The van der Waals surface area contributed by atoms with E-state index in [1.807, 2.05) is 0 Å². The summed E-state index contributed by atoms with van der Waals surface area (Å²) < 4.78 is 19.5. The Kier molecular flexibility index (Phi) is 5.87. The number of anilines is 1. The quantitative estimate of drug-likeness (QED) is 0.660. The number of hydrogen-bond donors (Lipinski definition) is 1. The summed E-state index contributed by atoms with van der Waals surface area (Å²) in [5.41, 5.74) is 0.693. The number of hydrogen-bond acceptors (Lipinski definition) is 5. The number of nitrogens with one attached hydrogen (secondary N) is 1. The second-order valence-electron chi connectivity index (χ2n) is 5.47. The molecule has 0 aliphatic heterocycles. The summed E-state index contributed by atoms with van der Waals surface area (Å²) in [5, 5.41) is 7.40. The van der Waals surface area contributed by atoms with Crippen LogP contribution in [-0.4, -0.2) is 28.6 Å². The summed E-state index contributed by atoms with van der Waals surface area (Å²) in [6, 6.07) is 15.5. The largest absolute Gasteiger partial charge is 0.497 e. The van der Waals surface area contributed by atoms with Gasteiger partial charge in [-0.1, -0.05) is 17.8 Å². The van der Waals surface area contributed by atoms with E-state index >= 15 is 0 Å². The number of rotatable bonds is 6. The van der Waals surface area contributed by atoms with Crippen LogP contribution in [0.1, 0.15) is 0 Å². The molecule has 0 fully saturated rings. The van der Waals surface area contributed by atoms with Gasteiger partial charge in [0, 0.05) is 11.8 Å². The molecule has 0 radical (unpaired) electrons. The van der Waals surface area contributed by atoms with Crippen molar-refractivity contribution >= 4 is 23.4 Å². The molecule has 1 amide bonds. The maximum atomic E-state index is 13.2. The average molecular weight is 385 g/mol. The van der Waals surface area contributed by atoms with Crippen LogP contribution in [0.5, 0.6) is 5.75 Å². The third-order valence-corrected chi connectivity index (χ3v) is 4.47. The van der Waals surface area contributed by atoms with Gasteiger partial charge < -0.3 is 10.1 Å². The Morgan fingerprint density at radius 3 is 2.67 bits per heavy atom. The predicted octanol–water partition coefficient (Wildman–Crippen LogP) is 3.11. The van der Waals surface area contributed by atoms with Crippen molar-refractivity contribution in [2.24, 2.45) is 0 Å². The summed E-state index contributed by atoms with van der Waals surface area (Å²) in [6.07, 6.45) is 0. The van der Waals surface area contributed by atoms with E-state index in [0.29, 0.717) is 22.2 Å². The Bertz CT molecular complexity index is 1010. The molecular weight excluding hydrogens is 369 g/mol. The lowest BCUT2D eigenvalue weighted by Gasteiger charge is -2.08. The maximum Gasteiger partial charge on any atom is 0.271 e. The van der Waals surface area contributed by atoms with E-state index in [1.165, 1.54) is 40.7 Å². The zero-order valence-electron chi connectivity index (χ0n) is 14.4. The van der Waals surface area contributed by atoms with Crippen molar-refractivity contribution in [1.29, 1.82) is 0 Å². The molecule has 0 aliphatic carbocycles. The average Bonchev–Trinajstić information content (AvgIpc) is 2.67. The molecule has 2 aromatic carbocycles. The van der Waals surface area contributed by atoms with Gasteiger partial charge in [-0.3, -0.25) is 9.59 Å². The van der Waals surface area contributed by atoms with Gasteiger partial charge in [0.1, 0.15) is 16.6 Å². The summed E-state index contributed by atoms with van der Waals surface area (Å²) in [6.45, 7) is 0. The van der Waals surface area contributed by atoms with Crippen LogP contribution >= 0.6 is 11.8 Å². The van der Waals surface area contributed by atoms with Crippen LogP contribution in [-0.2, 0) is 4.79 Å². The van der Waals surface area contributed by atoms with E-state index in [4.69, 9.17) is 4.74 Å². The van der Waals surface area contributed by atoms with Crippen molar-refractivity contribution in [2.45, 2.75) is 5.03 Å². The summed E-state index contributed by atoms with van der Waals surface area (Å²) in [4.78, 5) is 24.1. The molecule has 6 nitrogen and oxygen atoms in total. The topological polar surface area (TPSA) is 73.2 Å². The number of benzene rings is 2. The van der Waals surface area contributed by atoms with Crippen LogP contribution in [0, 0.1) is 5.82 Å². The smallest absolute Gasteiger partial charge is 0.271 e. The third kappa shape index (κ3) is 4.95. The van der Waals surface area contributed by atoms with Gasteiger partial charge in [0.15, 0.2) is 0 Å². The zero-order valence-corrected chi connectivity index (χ0v) is 15.2. The van der Waals surface area contributed by atoms with Gasteiger partial charge in [0.05, 0.1) is 18.6 Å². The number of ether oxygens (including phenoxy) is 1. The molecule has 0 spiro atoms. The molecule has 1 aromatic heterocycles. The van der Waals surface area contributed by atoms with E-state index in [2.05, 4.69) is 10.4 Å². The second kappa shape index (κ2) is 8.50. The third-order valence-electron chi connectivity index (χ3n) is 3.55. The highest BCUT2D eigenvalue weighted by Gasteiger charge is 2.08. The summed E-state index contributed by atoms with van der Waals surface area (Å²) >= 11 is 1.18. The highest BCUT2D eigenvalue weighted by Crippen LogP contribution is 2.17. The lowest BCUT2D eigenvalue weighted by Crippen LogP contribution is -2.20. The van der Waals surface area contributed by atoms with Gasteiger partial charge >= 0.3 is 0 Å². The van der Waals surface area contributed by atoms with Crippen molar-refractivity contribution in [3.63, 3.8) is 0 Å². The van der Waals surface area contributed by atoms with E-state index in [-0.39, 0.29) is 17.2 Å². The van der Waals surface area contributed by atoms with Crippen LogP contribution in [0.25, 0.3) is 5.69 Å². The minimum atomic E-state index is -0.423. The first-order valence-electron chi connectivity index (χ1n) is 7.98. The number of nitrogens with zero attached hydrogens (tertiary/aromatic N) is 2. The molecule has 0 saturated carbocycles. The minimum Gasteiger partial charge on any atom is -0.497 e. The summed E-state index contributed by atoms with van der Waals surface area (Å²) in [7, 11) is 1.56. The fourth-order valence-corrected chi connectivity index (χ4v) is 2.94.